The molecule has 0 aliphatic carbocycles. The lowest BCUT2D eigenvalue weighted by atomic mass is 9.94. The second kappa shape index (κ2) is 7.96. The fourth-order valence-electron chi connectivity index (χ4n) is 3.14. The zero-order chi connectivity index (χ0) is 14.4. The smallest absolute Gasteiger partial charge is 0.234 e. The van der Waals surface area contributed by atoms with E-state index in [4.69, 9.17) is 4.74 Å². The molecule has 0 radical (unpaired) electrons. The average molecular weight is 283 g/mol. The summed E-state index contributed by atoms with van der Waals surface area (Å²) in [5, 5.41) is 6.55. The van der Waals surface area contributed by atoms with Crippen molar-refractivity contribution in [2.75, 3.05) is 39.3 Å². The Labute approximate surface area is 122 Å². The van der Waals surface area contributed by atoms with E-state index in [-0.39, 0.29) is 12.0 Å². The number of nitrogens with one attached hydrogen (secondary N) is 2. The standard InChI is InChI=1S/C15H29N3O2/c1-12(2)20-8-4-7-17-15(19)11-18-9-13-5-3-6-16-14(13)10-18/h12-14,16H,3-11H2,1-2H3,(H,17,19). The predicted octanol–water partition coefficient (Wildman–Crippen LogP) is 0.602. The topological polar surface area (TPSA) is 53.6 Å². The van der Waals surface area contributed by atoms with Crippen LogP contribution in [0.4, 0.5) is 0 Å². The normalized spacial score (nSPS) is 26.8. The highest BCUT2D eigenvalue weighted by Crippen LogP contribution is 2.24. The first-order valence-corrected chi connectivity index (χ1v) is 7.99. The number of amides is 1. The van der Waals surface area contributed by atoms with Crippen molar-refractivity contribution in [3.63, 3.8) is 0 Å². The Balaban J connectivity index is 1.56. The highest BCUT2D eigenvalue weighted by molar-refractivity contribution is 5.78. The summed E-state index contributed by atoms with van der Waals surface area (Å²) in [7, 11) is 0. The van der Waals surface area contributed by atoms with E-state index < -0.39 is 0 Å². The Morgan fingerprint density at radius 1 is 1.45 bits per heavy atom. The van der Waals surface area contributed by atoms with Crippen molar-refractivity contribution < 1.29 is 9.53 Å². The van der Waals surface area contributed by atoms with Crippen LogP contribution in [-0.4, -0.2) is 62.3 Å². The molecule has 0 aromatic heterocycles. The first-order chi connectivity index (χ1) is 9.65. The van der Waals surface area contributed by atoms with E-state index in [1.165, 1.54) is 12.8 Å². The Morgan fingerprint density at radius 2 is 2.30 bits per heavy atom. The summed E-state index contributed by atoms with van der Waals surface area (Å²) in [6, 6.07) is 0.607. The van der Waals surface area contributed by atoms with E-state index in [0.29, 0.717) is 19.1 Å². The Kier molecular flexibility index (Phi) is 6.26. The minimum atomic E-state index is 0.146. The van der Waals surface area contributed by atoms with Gasteiger partial charge in [0.25, 0.3) is 0 Å². The van der Waals surface area contributed by atoms with Gasteiger partial charge in [-0.15, -0.1) is 0 Å². The quantitative estimate of drug-likeness (QED) is 0.672. The molecule has 116 valence electrons. The molecule has 20 heavy (non-hydrogen) atoms. The highest BCUT2D eigenvalue weighted by Gasteiger charge is 2.34. The zero-order valence-corrected chi connectivity index (χ0v) is 12.9. The van der Waals surface area contributed by atoms with Gasteiger partial charge < -0.3 is 15.4 Å². The first-order valence-electron chi connectivity index (χ1n) is 7.99. The molecule has 0 bridgehead atoms. The van der Waals surface area contributed by atoms with Gasteiger partial charge in [0, 0.05) is 32.3 Å². The van der Waals surface area contributed by atoms with Crippen LogP contribution in [0.2, 0.25) is 0 Å². The maximum atomic E-state index is 11.9. The van der Waals surface area contributed by atoms with Gasteiger partial charge in [-0.25, -0.2) is 0 Å². The second-order valence-corrected chi connectivity index (χ2v) is 6.28. The maximum Gasteiger partial charge on any atom is 0.234 e. The average Bonchev–Trinajstić information content (AvgIpc) is 2.79. The van der Waals surface area contributed by atoms with Crippen molar-refractivity contribution in [2.45, 2.75) is 45.3 Å². The highest BCUT2D eigenvalue weighted by atomic mass is 16.5. The number of carbonyl (C=O) groups excluding carboxylic acids is 1. The Morgan fingerprint density at radius 3 is 3.05 bits per heavy atom. The molecule has 2 heterocycles. The van der Waals surface area contributed by atoms with Gasteiger partial charge in [0.1, 0.15) is 0 Å². The van der Waals surface area contributed by atoms with Gasteiger partial charge in [0.05, 0.1) is 12.6 Å². The van der Waals surface area contributed by atoms with E-state index in [0.717, 1.165) is 38.6 Å². The van der Waals surface area contributed by atoms with Crippen LogP contribution < -0.4 is 10.6 Å². The lowest BCUT2D eigenvalue weighted by Crippen LogP contribution is -2.41. The molecule has 2 atom stereocenters. The van der Waals surface area contributed by atoms with Crippen molar-refractivity contribution in [3.05, 3.63) is 0 Å². The Bertz CT molecular complexity index is 295. The number of nitrogens with zero attached hydrogens (tertiary/aromatic N) is 1. The van der Waals surface area contributed by atoms with E-state index in [1.54, 1.807) is 0 Å². The zero-order valence-electron chi connectivity index (χ0n) is 12.9. The van der Waals surface area contributed by atoms with Gasteiger partial charge in [-0.05, 0) is 45.6 Å². The largest absolute Gasteiger partial charge is 0.379 e. The van der Waals surface area contributed by atoms with Gasteiger partial charge in [-0.2, -0.15) is 0 Å². The van der Waals surface area contributed by atoms with Crippen LogP contribution in [0.1, 0.15) is 33.1 Å². The molecule has 0 spiro atoms. The molecule has 2 N–H and O–H groups in total. The van der Waals surface area contributed by atoms with Crippen LogP contribution in [0.5, 0.6) is 0 Å². The van der Waals surface area contributed by atoms with Crippen molar-refractivity contribution >= 4 is 5.91 Å². The molecule has 0 saturated carbocycles. The molecule has 2 aliphatic rings. The summed E-state index contributed by atoms with van der Waals surface area (Å²) >= 11 is 0. The number of rotatable bonds is 7. The summed E-state index contributed by atoms with van der Waals surface area (Å²) in [4.78, 5) is 14.2. The third-order valence-electron chi connectivity index (χ3n) is 4.14. The summed E-state index contributed by atoms with van der Waals surface area (Å²) < 4.78 is 5.45. The third kappa shape index (κ3) is 5.04. The van der Waals surface area contributed by atoms with Crippen molar-refractivity contribution in [1.29, 1.82) is 0 Å². The lowest BCUT2D eigenvalue weighted by Gasteiger charge is -2.24. The molecule has 2 rings (SSSR count). The van der Waals surface area contributed by atoms with Crippen molar-refractivity contribution in [1.82, 2.24) is 15.5 Å². The number of fused-ring (bicyclic) bond motifs is 1. The molecule has 0 aromatic carbocycles. The van der Waals surface area contributed by atoms with Crippen LogP contribution in [0, 0.1) is 5.92 Å². The molecule has 2 saturated heterocycles. The number of hydrogen-bond donors (Lipinski definition) is 2. The van der Waals surface area contributed by atoms with Crippen LogP contribution in [0.3, 0.4) is 0 Å². The minimum absolute atomic E-state index is 0.146. The number of hydrogen-bond acceptors (Lipinski definition) is 4. The first kappa shape index (κ1) is 15.7. The summed E-state index contributed by atoms with van der Waals surface area (Å²) in [5.41, 5.74) is 0. The van der Waals surface area contributed by atoms with Crippen LogP contribution in [0.15, 0.2) is 0 Å². The molecular weight excluding hydrogens is 254 g/mol. The van der Waals surface area contributed by atoms with Gasteiger partial charge >= 0.3 is 0 Å². The van der Waals surface area contributed by atoms with Crippen molar-refractivity contribution in [2.24, 2.45) is 5.92 Å². The second-order valence-electron chi connectivity index (χ2n) is 6.28. The van der Waals surface area contributed by atoms with Crippen molar-refractivity contribution in [3.8, 4) is 0 Å². The molecule has 5 heteroatoms. The fraction of sp³-hybridized carbons (Fsp3) is 0.933. The molecule has 5 nitrogen and oxygen atoms in total. The number of piperidine rings is 1. The number of ether oxygens (including phenoxy) is 1. The molecule has 1 amide bonds. The van der Waals surface area contributed by atoms with E-state index in [2.05, 4.69) is 15.5 Å². The molecular formula is C15H29N3O2. The Hall–Kier alpha value is -0.650. The molecule has 2 unspecified atom stereocenters. The van der Waals surface area contributed by atoms with Gasteiger partial charge in [-0.1, -0.05) is 0 Å². The summed E-state index contributed by atoms with van der Waals surface area (Å²) in [6.45, 7) is 9.26. The maximum absolute atomic E-state index is 11.9. The van der Waals surface area contributed by atoms with Crippen LogP contribution in [0.25, 0.3) is 0 Å². The van der Waals surface area contributed by atoms with E-state index in [9.17, 15) is 4.79 Å². The number of likely N-dealkylation sites (tertiary alicyclic amines) is 1. The van der Waals surface area contributed by atoms with Gasteiger partial charge in [0.2, 0.25) is 5.91 Å². The lowest BCUT2D eigenvalue weighted by molar-refractivity contribution is -0.122. The van der Waals surface area contributed by atoms with Gasteiger partial charge in [0.15, 0.2) is 0 Å². The number of carbonyl (C=O) groups is 1. The predicted molar refractivity (Wildman–Crippen MR) is 79.7 cm³/mol. The summed E-state index contributed by atoms with van der Waals surface area (Å²) in [6.07, 6.45) is 3.74. The van der Waals surface area contributed by atoms with Crippen LogP contribution >= 0.6 is 0 Å². The minimum Gasteiger partial charge on any atom is -0.379 e. The fourth-order valence-corrected chi connectivity index (χ4v) is 3.14. The van der Waals surface area contributed by atoms with Crippen LogP contribution in [-0.2, 0) is 9.53 Å². The third-order valence-corrected chi connectivity index (χ3v) is 4.14. The van der Waals surface area contributed by atoms with Gasteiger partial charge in [-0.3, -0.25) is 9.69 Å². The molecule has 0 aromatic rings. The molecule has 2 fully saturated rings. The monoisotopic (exact) mass is 283 g/mol. The summed E-state index contributed by atoms with van der Waals surface area (Å²) in [5.74, 6) is 0.893. The molecule has 2 aliphatic heterocycles. The SMILES string of the molecule is CC(C)OCCCNC(=O)CN1CC2CCCNC2C1. The van der Waals surface area contributed by atoms with E-state index >= 15 is 0 Å². The van der Waals surface area contributed by atoms with E-state index in [1.807, 2.05) is 13.8 Å².